The number of rotatable bonds is 4. The van der Waals surface area contributed by atoms with Gasteiger partial charge in [-0.25, -0.2) is 19.4 Å². The summed E-state index contributed by atoms with van der Waals surface area (Å²) in [5, 5.41) is 16.3. The third kappa shape index (κ3) is 3.26. The molecule has 0 radical (unpaired) electrons. The molecule has 10 heteroatoms. The Hall–Kier alpha value is -3.01. The van der Waals surface area contributed by atoms with Crippen molar-refractivity contribution < 1.29 is 4.79 Å². The molecule has 1 aromatic carbocycles. The predicted molar refractivity (Wildman–Crippen MR) is 86.1 cm³/mol. The largest absolute Gasteiger partial charge is 0.375 e. The Kier molecular flexibility index (Phi) is 4.15. The highest BCUT2D eigenvalue weighted by molar-refractivity contribution is 7.13. The molecule has 9 nitrogen and oxygen atoms in total. The molecule has 0 fully saturated rings. The van der Waals surface area contributed by atoms with E-state index in [1.165, 1.54) is 20.9 Å². The second kappa shape index (κ2) is 6.40. The van der Waals surface area contributed by atoms with Crippen LogP contribution in [-0.2, 0) is 13.6 Å². The van der Waals surface area contributed by atoms with Crippen LogP contribution in [0, 0.1) is 0 Å². The number of nitrogens with two attached hydrogens (primary N) is 1. The first-order chi connectivity index (χ1) is 11.1. The van der Waals surface area contributed by atoms with Gasteiger partial charge >= 0.3 is 6.03 Å². The van der Waals surface area contributed by atoms with Crippen molar-refractivity contribution in [3.63, 3.8) is 0 Å². The van der Waals surface area contributed by atoms with Gasteiger partial charge in [0.2, 0.25) is 0 Å². The van der Waals surface area contributed by atoms with Gasteiger partial charge in [0.05, 0.1) is 17.9 Å². The molecule has 2 aromatic heterocycles. The van der Waals surface area contributed by atoms with Crippen LogP contribution in [0.4, 0.5) is 21.6 Å². The number of urea groups is 1. The molecule has 2 amide bonds. The number of nitrogens with zero attached hydrogens (tertiary/aromatic N) is 6. The average molecular weight is 330 g/mol. The van der Waals surface area contributed by atoms with E-state index < -0.39 is 0 Å². The van der Waals surface area contributed by atoms with Crippen LogP contribution in [0.2, 0.25) is 0 Å². The van der Waals surface area contributed by atoms with Crippen molar-refractivity contribution in [2.75, 3.05) is 10.6 Å². The maximum absolute atomic E-state index is 12.6. The predicted octanol–water partition coefficient (Wildman–Crippen LogP) is 1.30. The SMILES string of the molecule is Cn1nnnc1N(C(=O)NCc1csc(N)n1)c1ccccc1. The summed E-state index contributed by atoms with van der Waals surface area (Å²) in [6.45, 7) is 0.265. The van der Waals surface area contributed by atoms with Gasteiger partial charge in [0.1, 0.15) is 0 Å². The summed E-state index contributed by atoms with van der Waals surface area (Å²) in [4.78, 5) is 18.1. The summed E-state index contributed by atoms with van der Waals surface area (Å²) in [6, 6.07) is 8.78. The molecule has 0 aliphatic heterocycles. The van der Waals surface area contributed by atoms with Crippen LogP contribution in [0.25, 0.3) is 0 Å². The van der Waals surface area contributed by atoms with Crippen LogP contribution in [0.5, 0.6) is 0 Å². The van der Waals surface area contributed by atoms with Gasteiger partial charge in [-0.2, -0.15) is 0 Å². The van der Waals surface area contributed by atoms with Gasteiger partial charge in [-0.1, -0.05) is 23.3 Å². The molecule has 0 unspecified atom stereocenters. The number of carbonyl (C=O) groups excluding carboxylic acids is 1. The number of amides is 2. The Morgan fingerprint density at radius 2 is 2.17 bits per heavy atom. The number of anilines is 3. The Balaban J connectivity index is 1.83. The molecule has 3 aromatic rings. The van der Waals surface area contributed by atoms with Gasteiger partial charge < -0.3 is 11.1 Å². The zero-order valence-electron chi connectivity index (χ0n) is 12.2. The second-order valence-corrected chi connectivity index (χ2v) is 5.50. The minimum atomic E-state index is -0.360. The van der Waals surface area contributed by atoms with E-state index in [2.05, 4.69) is 25.8 Å². The van der Waals surface area contributed by atoms with Crippen LogP contribution in [0.3, 0.4) is 0 Å². The number of aryl methyl sites for hydroxylation is 1. The Bertz CT molecular complexity index is 799. The molecule has 0 aliphatic rings. The van der Waals surface area contributed by atoms with E-state index in [-0.39, 0.29) is 12.6 Å². The van der Waals surface area contributed by atoms with E-state index in [1.54, 1.807) is 24.6 Å². The van der Waals surface area contributed by atoms with Crippen LogP contribution >= 0.6 is 11.3 Å². The van der Waals surface area contributed by atoms with Crippen LogP contribution < -0.4 is 16.0 Å². The van der Waals surface area contributed by atoms with Crippen LogP contribution in [0.1, 0.15) is 5.69 Å². The first-order valence-corrected chi connectivity index (χ1v) is 7.58. The molecule has 0 bridgehead atoms. The van der Waals surface area contributed by atoms with E-state index in [1.807, 2.05) is 18.2 Å². The van der Waals surface area contributed by atoms with E-state index in [0.717, 1.165) is 0 Å². The number of nitrogens with one attached hydrogen (secondary N) is 1. The zero-order chi connectivity index (χ0) is 16.2. The third-order valence-corrected chi connectivity index (χ3v) is 3.73. The molecular formula is C13H14N8OS. The van der Waals surface area contributed by atoms with Crippen molar-refractivity contribution in [1.29, 1.82) is 0 Å². The van der Waals surface area contributed by atoms with Gasteiger partial charge in [0.25, 0.3) is 5.95 Å². The first-order valence-electron chi connectivity index (χ1n) is 6.70. The maximum Gasteiger partial charge on any atom is 0.329 e. The number of thiazole rings is 1. The van der Waals surface area contributed by atoms with E-state index in [0.29, 0.717) is 22.5 Å². The Morgan fingerprint density at radius 3 is 2.78 bits per heavy atom. The monoisotopic (exact) mass is 330 g/mol. The van der Waals surface area contributed by atoms with Crippen molar-refractivity contribution in [3.05, 3.63) is 41.4 Å². The minimum absolute atomic E-state index is 0.265. The molecule has 3 N–H and O–H groups in total. The number of carbonyl (C=O) groups is 1. The summed E-state index contributed by atoms with van der Waals surface area (Å²) in [5.41, 5.74) is 6.94. The van der Waals surface area contributed by atoms with E-state index in [4.69, 9.17) is 5.73 Å². The van der Waals surface area contributed by atoms with Gasteiger partial charge in [-0.05, 0) is 22.6 Å². The molecule has 0 aliphatic carbocycles. The molecule has 0 saturated heterocycles. The highest BCUT2D eigenvalue weighted by Crippen LogP contribution is 2.22. The van der Waals surface area contributed by atoms with E-state index in [9.17, 15) is 4.79 Å². The number of nitrogen functional groups attached to an aromatic ring is 1. The minimum Gasteiger partial charge on any atom is -0.375 e. The van der Waals surface area contributed by atoms with Crippen LogP contribution in [-0.4, -0.2) is 31.2 Å². The van der Waals surface area contributed by atoms with Gasteiger partial charge in [0, 0.05) is 12.4 Å². The Labute approximate surface area is 135 Å². The fourth-order valence-corrected chi connectivity index (χ4v) is 2.53. The van der Waals surface area contributed by atoms with Gasteiger partial charge in [-0.15, -0.1) is 11.3 Å². The lowest BCUT2D eigenvalue weighted by molar-refractivity contribution is 0.247. The fourth-order valence-electron chi connectivity index (χ4n) is 1.96. The molecule has 0 saturated carbocycles. The lowest BCUT2D eigenvalue weighted by atomic mass is 10.3. The number of tetrazole rings is 1. The van der Waals surface area contributed by atoms with Crippen molar-refractivity contribution in [2.24, 2.45) is 7.05 Å². The molecule has 2 heterocycles. The summed E-state index contributed by atoms with van der Waals surface area (Å²) in [6.07, 6.45) is 0. The highest BCUT2D eigenvalue weighted by Gasteiger charge is 2.22. The Morgan fingerprint density at radius 1 is 1.39 bits per heavy atom. The first kappa shape index (κ1) is 14.9. The van der Waals surface area contributed by atoms with Crippen molar-refractivity contribution in [3.8, 4) is 0 Å². The standard InChI is InChI=1S/C13H14N8OS/c1-20-12(17-18-19-20)21(10-5-3-2-4-6-10)13(22)15-7-9-8-23-11(14)16-9/h2-6,8H,7H2,1H3,(H2,14,16)(H,15,22). The summed E-state index contributed by atoms with van der Waals surface area (Å²) in [5.74, 6) is 0.312. The molecule has 0 spiro atoms. The normalized spacial score (nSPS) is 10.5. The van der Waals surface area contributed by atoms with Crippen molar-refractivity contribution >= 4 is 34.1 Å². The topological polar surface area (TPSA) is 115 Å². The van der Waals surface area contributed by atoms with Gasteiger partial charge in [-0.3, -0.25) is 0 Å². The molecular weight excluding hydrogens is 316 g/mol. The number of hydrogen-bond donors (Lipinski definition) is 2. The molecule has 23 heavy (non-hydrogen) atoms. The maximum atomic E-state index is 12.6. The van der Waals surface area contributed by atoms with Gasteiger partial charge in [0.15, 0.2) is 5.13 Å². The number of hydrogen-bond acceptors (Lipinski definition) is 7. The smallest absolute Gasteiger partial charge is 0.329 e. The quantitative estimate of drug-likeness (QED) is 0.745. The lowest BCUT2D eigenvalue weighted by Crippen LogP contribution is -2.38. The zero-order valence-corrected chi connectivity index (χ0v) is 13.1. The van der Waals surface area contributed by atoms with Crippen molar-refractivity contribution in [2.45, 2.75) is 6.54 Å². The van der Waals surface area contributed by atoms with Crippen LogP contribution in [0.15, 0.2) is 35.7 Å². The summed E-state index contributed by atoms with van der Waals surface area (Å²) >= 11 is 1.33. The highest BCUT2D eigenvalue weighted by atomic mass is 32.1. The fraction of sp³-hybridized carbons (Fsp3) is 0.154. The number of para-hydroxylation sites is 1. The lowest BCUT2D eigenvalue weighted by Gasteiger charge is -2.20. The second-order valence-electron chi connectivity index (χ2n) is 4.61. The number of benzene rings is 1. The van der Waals surface area contributed by atoms with E-state index >= 15 is 0 Å². The average Bonchev–Trinajstić information content (AvgIpc) is 3.16. The molecule has 3 rings (SSSR count). The molecule has 0 atom stereocenters. The third-order valence-electron chi connectivity index (χ3n) is 3.01. The molecule has 118 valence electrons. The number of aromatic nitrogens is 5. The summed E-state index contributed by atoms with van der Waals surface area (Å²) < 4.78 is 1.42. The summed E-state index contributed by atoms with van der Waals surface area (Å²) in [7, 11) is 1.67. The van der Waals surface area contributed by atoms with Crippen molar-refractivity contribution in [1.82, 2.24) is 30.5 Å².